The lowest BCUT2D eigenvalue weighted by atomic mass is 9.86. The number of likely N-dealkylation sites (tertiary alicyclic amines) is 2. The molecule has 0 N–H and O–H groups in total. The van der Waals surface area contributed by atoms with Crippen molar-refractivity contribution in [2.45, 2.75) is 76.3 Å². The predicted octanol–water partition coefficient (Wildman–Crippen LogP) is 3.04. The van der Waals surface area contributed by atoms with E-state index in [1.165, 1.54) is 64.3 Å². The normalized spacial score (nSPS) is 33.0. The molecule has 0 aromatic heterocycles. The van der Waals surface area contributed by atoms with E-state index >= 15 is 0 Å². The molecular weight excluding hydrogens is 248 g/mol. The molecule has 2 heterocycles. The number of carbonyl (C=O) groups excluding carboxylic acids is 1. The van der Waals surface area contributed by atoms with Gasteiger partial charge in [0.05, 0.1) is 0 Å². The maximum Gasteiger partial charge on any atom is 0.223 e. The van der Waals surface area contributed by atoms with Crippen LogP contribution in [0.15, 0.2) is 0 Å². The predicted molar refractivity (Wildman–Crippen MR) is 81.6 cm³/mol. The van der Waals surface area contributed by atoms with E-state index in [2.05, 4.69) is 16.8 Å². The van der Waals surface area contributed by atoms with Crippen LogP contribution in [0.25, 0.3) is 0 Å². The van der Waals surface area contributed by atoms with Crippen LogP contribution >= 0.6 is 0 Å². The Morgan fingerprint density at radius 1 is 0.900 bits per heavy atom. The summed E-state index contributed by atoms with van der Waals surface area (Å²) in [5.74, 6) is 1.14. The Morgan fingerprint density at radius 3 is 2.30 bits per heavy atom. The summed E-state index contributed by atoms with van der Waals surface area (Å²) in [6, 6.07) is 1.14. The van der Waals surface area contributed by atoms with Crippen LogP contribution in [0.3, 0.4) is 0 Å². The zero-order valence-electron chi connectivity index (χ0n) is 13.0. The van der Waals surface area contributed by atoms with Crippen LogP contribution in [-0.4, -0.2) is 47.9 Å². The summed E-state index contributed by atoms with van der Waals surface area (Å²) in [7, 11) is 2.24. The van der Waals surface area contributed by atoms with Gasteiger partial charge in [-0.1, -0.05) is 19.3 Å². The molecule has 1 aliphatic carbocycles. The van der Waals surface area contributed by atoms with Crippen molar-refractivity contribution < 1.29 is 4.79 Å². The standard InChI is InChI=1S/C17H30N2O/c1-18-11-5-9-15(18)16-10-6-12-19(16)17(20)13-14-7-3-2-4-8-14/h14-16H,2-13H2,1H3/t15-,16+/m1/s1. The highest BCUT2D eigenvalue weighted by Gasteiger charge is 2.38. The lowest BCUT2D eigenvalue weighted by Crippen LogP contribution is -2.47. The molecule has 3 rings (SSSR count). The molecule has 0 aromatic rings. The number of carbonyl (C=O) groups is 1. The Hall–Kier alpha value is -0.570. The van der Waals surface area contributed by atoms with Gasteiger partial charge in [-0.2, -0.15) is 0 Å². The average Bonchev–Trinajstić information content (AvgIpc) is 3.07. The summed E-state index contributed by atoms with van der Waals surface area (Å²) >= 11 is 0. The second-order valence-corrected chi connectivity index (χ2v) is 7.20. The first-order valence-corrected chi connectivity index (χ1v) is 8.75. The van der Waals surface area contributed by atoms with Gasteiger partial charge in [-0.05, 0) is 58.0 Å². The summed E-state index contributed by atoms with van der Waals surface area (Å²) in [5.41, 5.74) is 0. The Bertz CT molecular complexity index is 338. The van der Waals surface area contributed by atoms with Gasteiger partial charge in [0.1, 0.15) is 0 Å². The van der Waals surface area contributed by atoms with Crippen molar-refractivity contribution in [3.05, 3.63) is 0 Å². The van der Waals surface area contributed by atoms with E-state index in [4.69, 9.17) is 0 Å². The Balaban J connectivity index is 1.58. The van der Waals surface area contributed by atoms with Gasteiger partial charge in [0.15, 0.2) is 0 Å². The molecule has 3 aliphatic rings. The topological polar surface area (TPSA) is 23.6 Å². The highest BCUT2D eigenvalue weighted by molar-refractivity contribution is 5.77. The van der Waals surface area contributed by atoms with Gasteiger partial charge >= 0.3 is 0 Å². The van der Waals surface area contributed by atoms with Crippen LogP contribution in [0.4, 0.5) is 0 Å². The molecule has 0 radical (unpaired) electrons. The number of likely N-dealkylation sites (N-methyl/N-ethyl adjacent to an activating group) is 1. The quantitative estimate of drug-likeness (QED) is 0.792. The third-order valence-corrected chi connectivity index (χ3v) is 5.83. The molecule has 2 saturated heterocycles. The van der Waals surface area contributed by atoms with Gasteiger partial charge in [-0.3, -0.25) is 4.79 Å². The third-order valence-electron chi connectivity index (χ3n) is 5.83. The Kier molecular flexibility index (Phi) is 4.65. The van der Waals surface area contributed by atoms with E-state index in [0.29, 0.717) is 23.9 Å². The van der Waals surface area contributed by atoms with Crippen molar-refractivity contribution in [3.8, 4) is 0 Å². The van der Waals surface area contributed by atoms with Gasteiger partial charge in [0.25, 0.3) is 0 Å². The summed E-state index contributed by atoms with van der Waals surface area (Å²) in [6.07, 6.45) is 12.5. The minimum Gasteiger partial charge on any atom is -0.338 e. The van der Waals surface area contributed by atoms with E-state index in [0.717, 1.165) is 13.0 Å². The Labute approximate surface area is 123 Å². The number of amides is 1. The fourth-order valence-electron chi connectivity index (χ4n) is 4.68. The molecule has 2 atom stereocenters. The highest BCUT2D eigenvalue weighted by atomic mass is 16.2. The van der Waals surface area contributed by atoms with Crippen molar-refractivity contribution in [2.75, 3.05) is 20.1 Å². The van der Waals surface area contributed by atoms with Crippen molar-refractivity contribution in [3.63, 3.8) is 0 Å². The fourth-order valence-corrected chi connectivity index (χ4v) is 4.68. The van der Waals surface area contributed by atoms with Gasteiger partial charge in [0.2, 0.25) is 5.91 Å². The van der Waals surface area contributed by atoms with Crippen LogP contribution in [-0.2, 0) is 4.79 Å². The van der Waals surface area contributed by atoms with Gasteiger partial charge in [-0.15, -0.1) is 0 Å². The molecule has 114 valence electrons. The molecule has 1 saturated carbocycles. The number of rotatable bonds is 3. The van der Waals surface area contributed by atoms with Gasteiger partial charge < -0.3 is 9.80 Å². The summed E-state index contributed by atoms with van der Waals surface area (Å²) < 4.78 is 0. The molecule has 0 spiro atoms. The van der Waals surface area contributed by atoms with E-state index in [1.807, 2.05) is 0 Å². The van der Waals surface area contributed by atoms with Gasteiger partial charge in [-0.25, -0.2) is 0 Å². The van der Waals surface area contributed by atoms with Crippen molar-refractivity contribution >= 4 is 5.91 Å². The first kappa shape index (κ1) is 14.4. The highest BCUT2D eigenvalue weighted by Crippen LogP contribution is 2.32. The van der Waals surface area contributed by atoms with Crippen LogP contribution in [0.2, 0.25) is 0 Å². The SMILES string of the molecule is CN1CCC[C@@H]1[C@@H]1CCCN1C(=O)CC1CCCCC1. The monoisotopic (exact) mass is 278 g/mol. The van der Waals surface area contributed by atoms with Crippen molar-refractivity contribution in [1.82, 2.24) is 9.80 Å². The van der Waals surface area contributed by atoms with E-state index in [-0.39, 0.29) is 0 Å². The van der Waals surface area contributed by atoms with Gasteiger partial charge in [0, 0.05) is 25.0 Å². The molecule has 0 bridgehead atoms. The molecule has 1 amide bonds. The van der Waals surface area contributed by atoms with Crippen LogP contribution in [0.5, 0.6) is 0 Å². The van der Waals surface area contributed by atoms with E-state index in [9.17, 15) is 4.79 Å². The smallest absolute Gasteiger partial charge is 0.223 e. The lowest BCUT2D eigenvalue weighted by molar-refractivity contribution is -0.134. The van der Waals surface area contributed by atoms with E-state index in [1.54, 1.807) is 0 Å². The van der Waals surface area contributed by atoms with E-state index < -0.39 is 0 Å². The average molecular weight is 278 g/mol. The summed E-state index contributed by atoms with van der Waals surface area (Å²) in [4.78, 5) is 17.4. The first-order chi connectivity index (χ1) is 9.75. The number of hydrogen-bond acceptors (Lipinski definition) is 2. The minimum absolute atomic E-state index is 0.458. The maximum atomic E-state index is 12.7. The van der Waals surface area contributed by atoms with Crippen LogP contribution in [0.1, 0.15) is 64.2 Å². The largest absolute Gasteiger partial charge is 0.338 e. The molecule has 3 heteroatoms. The summed E-state index contributed by atoms with van der Waals surface area (Å²) in [5, 5.41) is 0. The van der Waals surface area contributed by atoms with Crippen molar-refractivity contribution in [2.24, 2.45) is 5.92 Å². The lowest BCUT2D eigenvalue weighted by Gasteiger charge is -2.34. The molecular formula is C17H30N2O. The second kappa shape index (κ2) is 6.46. The second-order valence-electron chi connectivity index (χ2n) is 7.20. The fraction of sp³-hybridized carbons (Fsp3) is 0.941. The van der Waals surface area contributed by atoms with Crippen LogP contribution < -0.4 is 0 Å². The molecule has 2 aliphatic heterocycles. The molecule has 3 nitrogen and oxygen atoms in total. The first-order valence-electron chi connectivity index (χ1n) is 8.75. The zero-order valence-corrected chi connectivity index (χ0v) is 13.0. The molecule has 0 unspecified atom stereocenters. The Morgan fingerprint density at radius 2 is 1.60 bits per heavy atom. The zero-order chi connectivity index (χ0) is 13.9. The van der Waals surface area contributed by atoms with Crippen molar-refractivity contribution in [1.29, 1.82) is 0 Å². The van der Waals surface area contributed by atoms with Crippen LogP contribution in [0, 0.1) is 5.92 Å². The number of nitrogens with zero attached hydrogens (tertiary/aromatic N) is 2. The molecule has 0 aromatic carbocycles. The third kappa shape index (κ3) is 3.03. The molecule has 3 fully saturated rings. The number of hydrogen-bond donors (Lipinski definition) is 0. The minimum atomic E-state index is 0.458. The summed E-state index contributed by atoms with van der Waals surface area (Å²) in [6.45, 7) is 2.23. The maximum absolute atomic E-state index is 12.7. The molecule has 20 heavy (non-hydrogen) atoms.